The van der Waals surface area contributed by atoms with Crippen LogP contribution in [0.25, 0.3) is 0 Å². The van der Waals surface area contributed by atoms with Gasteiger partial charge in [-0.05, 0) is 48.7 Å². The Kier molecular flexibility index (Phi) is 8.45. The topological polar surface area (TPSA) is 73.8 Å². The maximum Gasteiger partial charge on any atom is 0.190 e. The molecule has 0 bridgehead atoms. The van der Waals surface area contributed by atoms with E-state index in [0.29, 0.717) is 17.4 Å². The maximum atomic E-state index is 13.3. The lowest BCUT2D eigenvalue weighted by atomic mass is 10.1. The van der Waals surface area contributed by atoms with Crippen LogP contribution in [0, 0.1) is 5.82 Å². The fraction of sp³-hybridized carbons (Fsp3) is 0.381. The second-order valence-electron chi connectivity index (χ2n) is 6.85. The highest BCUT2D eigenvalue weighted by atomic mass is 32.2. The van der Waals surface area contributed by atoms with Gasteiger partial charge in [-0.25, -0.2) is 12.8 Å². The van der Waals surface area contributed by atoms with Gasteiger partial charge < -0.3 is 15.5 Å². The lowest BCUT2D eigenvalue weighted by molar-refractivity contribution is 0.602. The number of hydrogen-bond donors (Lipinski definition) is 2. The molecule has 0 unspecified atom stereocenters. The van der Waals surface area contributed by atoms with E-state index in [1.54, 1.807) is 25.2 Å². The van der Waals surface area contributed by atoms with Crippen LogP contribution in [-0.4, -0.2) is 54.4 Å². The minimum atomic E-state index is -3.16. The smallest absolute Gasteiger partial charge is 0.190 e. The lowest BCUT2D eigenvalue weighted by Gasteiger charge is -2.20. The van der Waals surface area contributed by atoms with Crippen molar-refractivity contribution in [1.82, 2.24) is 10.6 Å². The number of halogens is 1. The first kappa shape index (κ1) is 22.7. The van der Waals surface area contributed by atoms with Crippen LogP contribution in [0.15, 0.2) is 58.4 Å². The Bertz CT molecular complexity index is 915. The molecule has 2 N–H and O–H groups in total. The summed E-state index contributed by atoms with van der Waals surface area (Å²) in [6.45, 7) is 2.21. The zero-order valence-electron chi connectivity index (χ0n) is 17.2. The minimum Gasteiger partial charge on any atom is -0.374 e. The normalized spacial score (nSPS) is 11.9. The number of rotatable bonds is 9. The second-order valence-corrected chi connectivity index (χ2v) is 8.86. The summed E-state index contributed by atoms with van der Waals surface area (Å²) in [5.41, 5.74) is 1.91. The number of hydrogen-bond acceptors (Lipinski definition) is 4. The molecule has 8 heteroatoms. The molecule has 0 aliphatic heterocycles. The summed E-state index contributed by atoms with van der Waals surface area (Å²) in [6, 6.07) is 13.5. The van der Waals surface area contributed by atoms with Crippen molar-refractivity contribution in [2.24, 2.45) is 4.99 Å². The molecule has 0 saturated heterocycles. The van der Waals surface area contributed by atoms with Crippen molar-refractivity contribution in [3.05, 3.63) is 59.9 Å². The monoisotopic (exact) mass is 420 g/mol. The van der Waals surface area contributed by atoms with Crippen molar-refractivity contribution >= 4 is 21.5 Å². The summed E-state index contributed by atoms with van der Waals surface area (Å²) >= 11 is 0. The van der Waals surface area contributed by atoms with Gasteiger partial charge in [-0.1, -0.05) is 18.2 Å². The number of benzene rings is 2. The molecular weight excluding hydrogens is 391 g/mol. The van der Waals surface area contributed by atoms with Gasteiger partial charge in [-0.15, -0.1) is 0 Å². The van der Waals surface area contributed by atoms with Crippen LogP contribution in [0.1, 0.15) is 12.0 Å². The Morgan fingerprint density at radius 1 is 1.10 bits per heavy atom. The molecule has 2 rings (SSSR count). The molecule has 29 heavy (non-hydrogen) atoms. The average Bonchev–Trinajstić information content (AvgIpc) is 2.69. The summed E-state index contributed by atoms with van der Waals surface area (Å²) in [5, 5.41) is 6.51. The molecule has 0 aromatic heterocycles. The van der Waals surface area contributed by atoms with Crippen LogP contribution in [0.4, 0.5) is 10.1 Å². The van der Waals surface area contributed by atoms with E-state index in [2.05, 4.69) is 15.6 Å². The number of aliphatic imine (C=N–C) groups is 1. The molecule has 158 valence electrons. The van der Waals surface area contributed by atoms with Crippen molar-refractivity contribution < 1.29 is 12.8 Å². The molecule has 0 fully saturated rings. The van der Waals surface area contributed by atoms with Crippen molar-refractivity contribution in [2.75, 3.05) is 44.9 Å². The van der Waals surface area contributed by atoms with Crippen molar-refractivity contribution in [3.63, 3.8) is 0 Å². The molecule has 0 atom stereocenters. The predicted molar refractivity (Wildman–Crippen MR) is 117 cm³/mol. The fourth-order valence-electron chi connectivity index (χ4n) is 2.81. The third-order valence-electron chi connectivity index (χ3n) is 4.49. The van der Waals surface area contributed by atoms with Gasteiger partial charge in [0.1, 0.15) is 5.82 Å². The molecule has 2 aromatic carbocycles. The number of guanidine groups is 1. The van der Waals surface area contributed by atoms with E-state index in [1.807, 2.05) is 30.1 Å². The average molecular weight is 421 g/mol. The van der Waals surface area contributed by atoms with E-state index >= 15 is 0 Å². The van der Waals surface area contributed by atoms with Crippen LogP contribution in [-0.2, 0) is 16.3 Å². The van der Waals surface area contributed by atoms with Gasteiger partial charge >= 0.3 is 0 Å². The molecule has 0 spiro atoms. The summed E-state index contributed by atoms with van der Waals surface area (Å²) in [5.74, 6) is 0.481. The summed E-state index contributed by atoms with van der Waals surface area (Å²) in [4.78, 5) is 6.55. The van der Waals surface area contributed by atoms with E-state index in [9.17, 15) is 12.8 Å². The summed E-state index contributed by atoms with van der Waals surface area (Å²) in [7, 11) is 0.496. The molecule has 2 aromatic rings. The zero-order valence-corrected chi connectivity index (χ0v) is 18.0. The largest absolute Gasteiger partial charge is 0.374 e. The van der Waals surface area contributed by atoms with Crippen LogP contribution in [0.5, 0.6) is 0 Å². The quantitative estimate of drug-likeness (QED) is 0.370. The first-order valence-electron chi connectivity index (χ1n) is 9.50. The van der Waals surface area contributed by atoms with Crippen molar-refractivity contribution in [1.29, 1.82) is 0 Å². The number of nitrogens with one attached hydrogen (secondary N) is 2. The van der Waals surface area contributed by atoms with Gasteiger partial charge in [-0.3, -0.25) is 4.99 Å². The Labute approximate surface area is 172 Å². The Hall–Kier alpha value is -2.61. The maximum absolute atomic E-state index is 13.3. The molecule has 0 radical (unpaired) electrons. The van der Waals surface area contributed by atoms with Gasteiger partial charge in [0.25, 0.3) is 0 Å². The summed E-state index contributed by atoms with van der Waals surface area (Å²) in [6.07, 6.45) is 2.84. The number of anilines is 1. The van der Waals surface area contributed by atoms with Crippen LogP contribution in [0.2, 0.25) is 0 Å². The standard InChI is InChI=1S/C21H29FN4O2S/c1-23-21(24-13-5-15-26(2)19-7-4-6-18(22)16-19)25-14-12-17-8-10-20(11-9-17)29(3,27)28/h4,6-11,16H,5,12-15H2,1-3H3,(H2,23,24,25). The van der Waals surface area contributed by atoms with Gasteiger partial charge in [0.2, 0.25) is 0 Å². The van der Waals surface area contributed by atoms with Gasteiger partial charge in [0, 0.05) is 45.7 Å². The predicted octanol–water partition coefficient (Wildman–Crippen LogP) is 2.46. The second kappa shape index (κ2) is 10.8. The van der Waals surface area contributed by atoms with Crippen molar-refractivity contribution in [2.45, 2.75) is 17.7 Å². The van der Waals surface area contributed by atoms with E-state index in [-0.39, 0.29) is 5.82 Å². The highest BCUT2D eigenvalue weighted by molar-refractivity contribution is 7.90. The molecule has 0 amide bonds. The fourth-order valence-corrected chi connectivity index (χ4v) is 3.45. The Balaban J connectivity index is 1.69. The zero-order chi connectivity index (χ0) is 21.3. The first-order chi connectivity index (χ1) is 13.8. The van der Waals surface area contributed by atoms with E-state index < -0.39 is 9.84 Å². The van der Waals surface area contributed by atoms with E-state index in [1.165, 1.54) is 18.4 Å². The molecule has 0 heterocycles. The highest BCUT2D eigenvalue weighted by Gasteiger charge is 2.06. The Morgan fingerprint density at radius 3 is 2.41 bits per heavy atom. The lowest BCUT2D eigenvalue weighted by Crippen LogP contribution is -2.39. The molecule has 0 aliphatic carbocycles. The molecule has 0 aliphatic rings. The summed E-state index contributed by atoms with van der Waals surface area (Å²) < 4.78 is 36.3. The third-order valence-corrected chi connectivity index (χ3v) is 5.62. The minimum absolute atomic E-state index is 0.233. The Morgan fingerprint density at radius 2 is 1.79 bits per heavy atom. The molecule has 6 nitrogen and oxygen atoms in total. The van der Waals surface area contributed by atoms with Gasteiger partial charge in [0.15, 0.2) is 15.8 Å². The highest BCUT2D eigenvalue weighted by Crippen LogP contribution is 2.13. The van der Waals surface area contributed by atoms with Gasteiger partial charge in [0.05, 0.1) is 4.90 Å². The van der Waals surface area contributed by atoms with Crippen LogP contribution >= 0.6 is 0 Å². The van der Waals surface area contributed by atoms with Gasteiger partial charge in [-0.2, -0.15) is 0 Å². The number of nitrogens with zero attached hydrogens (tertiary/aromatic N) is 2. The van der Waals surface area contributed by atoms with Crippen LogP contribution in [0.3, 0.4) is 0 Å². The van der Waals surface area contributed by atoms with E-state index in [4.69, 9.17) is 0 Å². The molecule has 0 saturated carbocycles. The SMILES string of the molecule is CN=C(NCCCN(C)c1cccc(F)c1)NCCc1ccc(S(C)(=O)=O)cc1. The van der Waals surface area contributed by atoms with E-state index in [0.717, 1.165) is 37.2 Å². The van der Waals surface area contributed by atoms with Crippen LogP contribution < -0.4 is 15.5 Å². The molecular formula is C21H29FN4O2S. The number of sulfone groups is 1. The first-order valence-corrected chi connectivity index (χ1v) is 11.4. The van der Waals surface area contributed by atoms with Crippen molar-refractivity contribution in [3.8, 4) is 0 Å². The third kappa shape index (κ3) is 7.73.